The molecular weight excluding hydrogens is 374 g/mol. The van der Waals surface area contributed by atoms with Gasteiger partial charge < -0.3 is 9.24 Å². The minimum atomic E-state index is -1.97. The summed E-state index contributed by atoms with van der Waals surface area (Å²) in [7, 11) is 2.69. The number of nitrogens with zero attached hydrogens (tertiary/aromatic N) is 2. The molecule has 120 valence electrons. The number of allylic oxidation sites excluding steroid dienone is 3. The number of aromatic nitrogens is 1. The van der Waals surface area contributed by atoms with E-state index in [1.165, 1.54) is 0 Å². The molecule has 1 unspecified atom stereocenters. The van der Waals surface area contributed by atoms with Crippen molar-refractivity contribution >= 4 is 50.0 Å². The summed E-state index contributed by atoms with van der Waals surface area (Å²) in [6.07, 6.45) is 1.81. The van der Waals surface area contributed by atoms with Crippen LogP contribution in [0.2, 0.25) is 0 Å². The standard InChI is InChI=1S/C16H14Cl3N2OP/c1-3-13-12(11-6-9(11)2)8-20-10(7-21(13)23)4-5-14(20)15(22)16(17,18)19/h3-5H,1,7-8,23H2,2H3. The molecular formula is C16H14Cl3N2OP. The van der Waals surface area contributed by atoms with E-state index in [2.05, 4.69) is 21.7 Å². The van der Waals surface area contributed by atoms with Gasteiger partial charge in [0.15, 0.2) is 0 Å². The molecule has 0 fully saturated rings. The molecule has 2 aliphatic rings. The summed E-state index contributed by atoms with van der Waals surface area (Å²) in [4.78, 5) is 12.4. The van der Waals surface area contributed by atoms with Crippen LogP contribution in [-0.2, 0) is 13.1 Å². The summed E-state index contributed by atoms with van der Waals surface area (Å²) in [5, 5.41) is 0. The van der Waals surface area contributed by atoms with E-state index in [4.69, 9.17) is 34.8 Å². The quantitative estimate of drug-likeness (QED) is 0.328. The molecule has 1 aromatic heterocycles. The summed E-state index contributed by atoms with van der Waals surface area (Å²) in [5.41, 5.74) is 8.82. The number of hydrogen-bond donors (Lipinski definition) is 0. The summed E-state index contributed by atoms with van der Waals surface area (Å²) in [5.74, 6) is -0.528. The Balaban J connectivity index is 2.08. The number of carbonyl (C=O) groups excluding carboxylic acids is 1. The smallest absolute Gasteiger partial charge is 0.255 e. The Hall–Kier alpha value is -0.950. The lowest BCUT2D eigenvalue weighted by Crippen LogP contribution is -2.23. The van der Waals surface area contributed by atoms with Crippen molar-refractivity contribution in [3.05, 3.63) is 64.3 Å². The van der Waals surface area contributed by atoms with Crippen LogP contribution in [0.5, 0.6) is 0 Å². The summed E-state index contributed by atoms with van der Waals surface area (Å²) >= 11 is 17.3. The van der Waals surface area contributed by atoms with Gasteiger partial charge in [-0.2, -0.15) is 0 Å². The number of hydrogen-bond acceptors (Lipinski definition) is 2. The second kappa shape index (κ2) is 5.84. The van der Waals surface area contributed by atoms with Gasteiger partial charge >= 0.3 is 0 Å². The first-order valence-electron chi connectivity index (χ1n) is 6.90. The Morgan fingerprint density at radius 2 is 2.04 bits per heavy atom. The zero-order valence-corrected chi connectivity index (χ0v) is 15.8. The molecule has 0 amide bonds. The number of alkyl halides is 3. The molecule has 23 heavy (non-hydrogen) atoms. The largest absolute Gasteiger partial charge is 0.350 e. The second-order valence-electron chi connectivity index (χ2n) is 5.44. The summed E-state index contributed by atoms with van der Waals surface area (Å²) < 4.78 is 1.94. The van der Waals surface area contributed by atoms with Crippen LogP contribution in [-0.4, -0.2) is 18.8 Å². The molecule has 3 nitrogen and oxygen atoms in total. The molecule has 0 spiro atoms. The fourth-order valence-electron chi connectivity index (χ4n) is 2.76. The number of ketones is 1. The van der Waals surface area contributed by atoms with Gasteiger partial charge in [0.05, 0.1) is 18.8 Å². The first-order chi connectivity index (χ1) is 10.7. The van der Waals surface area contributed by atoms with Gasteiger partial charge in [0.25, 0.3) is 3.79 Å². The van der Waals surface area contributed by atoms with Crippen LogP contribution in [0.1, 0.15) is 23.1 Å². The van der Waals surface area contributed by atoms with Crippen LogP contribution in [0, 0.1) is 0 Å². The first kappa shape index (κ1) is 16.9. The van der Waals surface area contributed by atoms with E-state index in [-0.39, 0.29) is 0 Å². The van der Waals surface area contributed by atoms with Crippen molar-refractivity contribution in [2.75, 3.05) is 0 Å². The van der Waals surface area contributed by atoms with Gasteiger partial charge in [-0.15, -0.1) is 5.73 Å². The normalized spacial score (nSPS) is 17.3. The Morgan fingerprint density at radius 3 is 2.57 bits per heavy atom. The van der Waals surface area contributed by atoms with Crippen molar-refractivity contribution in [3.63, 3.8) is 0 Å². The van der Waals surface area contributed by atoms with Gasteiger partial charge in [-0.3, -0.25) is 4.79 Å². The zero-order chi connectivity index (χ0) is 16.9. The number of carbonyl (C=O) groups is 1. The van der Waals surface area contributed by atoms with Crippen molar-refractivity contribution in [1.82, 2.24) is 9.24 Å². The van der Waals surface area contributed by atoms with E-state index in [0.29, 0.717) is 18.8 Å². The predicted molar refractivity (Wildman–Crippen MR) is 97.7 cm³/mol. The number of fused-ring (bicyclic) bond motifs is 1. The van der Waals surface area contributed by atoms with E-state index in [1.54, 1.807) is 6.07 Å². The predicted octanol–water partition coefficient (Wildman–Crippen LogP) is 4.57. The molecule has 1 aliphatic heterocycles. The maximum atomic E-state index is 12.4. The van der Waals surface area contributed by atoms with Crippen molar-refractivity contribution < 1.29 is 4.79 Å². The third-order valence-corrected chi connectivity index (χ3v) is 4.92. The molecule has 7 heteroatoms. The lowest BCUT2D eigenvalue weighted by Gasteiger charge is -2.19. The van der Waals surface area contributed by atoms with Gasteiger partial charge in [-0.25, -0.2) is 0 Å². The van der Waals surface area contributed by atoms with Crippen LogP contribution in [0.25, 0.3) is 0 Å². The average Bonchev–Trinajstić information content (AvgIpc) is 3.09. The lowest BCUT2D eigenvalue weighted by molar-refractivity contribution is 0.0987. The third kappa shape index (κ3) is 3.05. The van der Waals surface area contributed by atoms with E-state index < -0.39 is 9.58 Å². The Labute approximate surface area is 152 Å². The van der Waals surface area contributed by atoms with Crippen molar-refractivity contribution in [2.45, 2.75) is 23.8 Å². The van der Waals surface area contributed by atoms with Crippen LogP contribution < -0.4 is 0 Å². The Morgan fingerprint density at radius 1 is 1.39 bits per heavy atom. The van der Waals surface area contributed by atoms with Crippen molar-refractivity contribution in [3.8, 4) is 0 Å². The monoisotopic (exact) mass is 386 g/mol. The highest BCUT2D eigenvalue weighted by atomic mass is 35.6. The minimum Gasteiger partial charge on any atom is -0.350 e. The molecule has 0 radical (unpaired) electrons. The second-order valence-corrected chi connectivity index (χ2v) is 8.35. The highest BCUT2D eigenvalue weighted by molar-refractivity contribution is 7.13. The molecule has 2 heterocycles. The highest BCUT2D eigenvalue weighted by Crippen LogP contribution is 2.38. The topological polar surface area (TPSA) is 25.2 Å². The Kier molecular flexibility index (Phi) is 4.29. The maximum Gasteiger partial charge on any atom is 0.255 e. The van der Waals surface area contributed by atoms with Crippen molar-refractivity contribution in [1.29, 1.82) is 0 Å². The fourth-order valence-corrected chi connectivity index (χ4v) is 3.49. The molecule has 1 atom stereocenters. The van der Waals surface area contributed by atoms with Crippen LogP contribution in [0.4, 0.5) is 0 Å². The molecule has 0 bridgehead atoms. The number of Topliss-reactive ketones (excluding diaryl/α,β-unsaturated/α-hetero) is 1. The van der Waals surface area contributed by atoms with Gasteiger partial charge in [-0.1, -0.05) is 41.4 Å². The molecule has 0 saturated carbocycles. The molecule has 1 aromatic rings. The molecule has 0 saturated heterocycles. The van der Waals surface area contributed by atoms with Gasteiger partial charge in [0.1, 0.15) is 0 Å². The van der Waals surface area contributed by atoms with E-state index in [9.17, 15) is 4.79 Å². The number of halogens is 3. The highest BCUT2D eigenvalue weighted by Gasteiger charge is 2.35. The molecule has 0 N–H and O–H groups in total. The fraction of sp³-hybridized carbons (Fsp3) is 0.250. The van der Waals surface area contributed by atoms with Crippen LogP contribution >= 0.6 is 44.2 Å². The zero-order valence-electron chi connectivity index (χ0n) is 12.4. The number of rotatable bonds is 3. The van der Waals surface area contributed by atoms with Crippen molar-refractivity contribution in [2.24, 2.45) is 0 Å². The van der Waals surface area contributed by atoms with Gasteiger partial charge in [-0.05, 0) is 34.5 Å². The molecule has 3 rings (SSSR count). The lowest BCUT2D eigenvalue weighted by atomic mass is 10.1. The van der Waals surface area contributed by atoms with Crippen LogP contribution in [0.3, 0.4) is 0 Å². The summed E-state index contributed by atoms with van der Waals surface area (Å²) in [6.45, 7) is 7.02. The van der Waals surface area contributed by atoms with E-state index in [0.717, 1.165) is 28.1 Å². The third-order valence-electron chi connectivity index (χ3n) is 3.95. The van der Waals surface area contributed by atoms with Gasteiger partial charge in [0, 0.05) is 28.1 Å². The Bertz CT molecular complexity index is 823. The molecule has 1 aliphatic carbocycles. The molecule has 0 aromatic carbocycles. The first-order valence-corrected chi connectivity index (χ1v) is 8.55. The maximum absolute atomic E-state index is 12.4. The van der Waals surface area contributed by atoms with Gasteiger partial charge in [0.2, 0.25) is 5.78 Å². The average molecular weight is 388 g/mol. The minimum absolute atomic E-state index is 0.389. The SMILES string of the molecule is C=CC1=C(C2=C=C2C)Cn2c(ccc2C(=O)C(Cl)(Cl)Cl)CN1P. The van der Waals surface area contributed by atoms with Crippen LogP contribution in [0.15, 0.2) is 52.9 Å². The van der Waals surface area contributed by atoms with E-state index >= 15 is 0 Å². The van der Waals surface area contributed by atoms with E-state index in [1.807, 2.05) is 28.3 Å². The summed E-state index contributed by atoms with van der Waals surface area (Å²) in [6, 6.07) is 3.59.